The van der Waals surface area contributed by atoms with Gasteiger partial charge in [-0.15, -0.1) is 5.10 Å². The topological polar surface area (TPSA) is 152 Å². The fourth-order valence-corrected chi connectivity index (χ4v) is 4.30. The van der Waals surface area contributed by atoms with E-state index in [4.69, 9.17) is 21.4 Å². The van der Waals surface area contributed by atoms with E-state index >= 15 is 0 Å². The second kappa shape index (κ2) is 12.2. The summed E-state index contributed by atoms with van der Waals surface area (Å²) in [6.07, 6.45) is 4.74. The molecule has 1 fully saturated rings. The van der Waals surface area contributed by atoms with Crippen LogP contribution in [0.25, 0.3) is 11.8 Å². The summed E-state index contributed by atoms with van der Waals surface area (Å²) in [5.74, 6) is -1.12. The molecule has 3 N–H and O–H groups in total. The Balaban J connectivity index is 1.42. The Morgan fingerprint density at radius 1 is 1.21 bits per heavy atom. The molecule has 0 spiro atoms. The predicted octanol–water partition coefficient (Wildman–Crippen LogP) is 2.71. The molecule has 1 atom stereocenters. The van der Waals surface area contributed by atoms with Crippen molar-refractivity contribution in [2.75, 3.05) is 32.1 Å². The number of halogens is 1. The van der Waals surface area contributed by atoms with Crippen LogP contribution in [0.1, 0.15) is 22.3 Å². The van der Waals surface area contributed by atoms with Gasteiger partial charge in [0.05, 0.1) is 18.4 Å². The summed E-state index contributed by atoms with van der Waals surface area (Å²) in [7, 11) is 1.34. The zero-order valence-corrected chi connectivity index (χ0v) is 21.2. The molecule has 1 aromatic heterocycles. The third kappa shape index (κ3) is 6.85. The third-order valence-electron chi connectivity index (χ3n) is 6.04. The molecule has 0 saturated carbocycles. The Kier molecular flexibility index (Phi) is 8.54. The molecule has 3 aromatic rings. The molecule has 1 saturated heterocycles. The minimum absolute atomic E-state index is 0.185. The highest BCUT2D eigenvalue weighted by Gasteiger charge is 2.33. The second-order valence-corrected chi connectivity index (χ2v) is 9.17. The van der Waals surface area contributed by atoms with Crippen LogP contribution in [0.15, 0.2) is 54.9 Å². The summed E-state index contributed by atoms with van der Waals surface area (Å²) in [4.78, 5) is 37.3. The van der Waals surface area contributed by atoms with Crippen molar-refractivity contribution in [3.63, 3.8) is 0 Å². The maximum Gasteiger partial charge on any atom is 0.409 e. The Labute approximate surface area is 223 Å². The normalized spacial score (nSPS) is 14.1. The van der Waals surface area contributed by atoms with Gasteiger partial charge in [-0.2, -0.15) is 4.68 Å². The first-order valence-corrected chi connectivity index (χ1v) is 12.1. The number of ether oxygens (including phenoxy) is 1. The van der Waals surface area contributed by atoms with Gasteiger partial charge >= 0.3 is 12.1 Å². The number of aromatic carboxylic acids is 1. The maximum atomic E-state index is 12.9. The standard InChI is InChI=1S/C25H26ClN7O5/c1-38-25(37)32-13-16(14-32)10-21(12-27-20-6-2-17(3-7-20)24(35)36)29-23(34)9-4-18-11-19(26)5-8-22(18)33-15-28-30-31-33/h2-9,11,15-16,21,27H,10,12-14H2,1H3,(H,29,34)(H,35,36)/b9-4+/t21-/m0/s1. The van der Waals surface area contributed by atoms with E-state index in [0.717, 1.165) is 5.69 Å². The quantitative estimate of drug-likeness (QED) is 0.330. The van der Waals surface area contributed by atoms with Crippen molar-refractivity contribution in [2.24, 2.45) is 5.92 Å². The maximum absolute atomic E-state index is 12.9. The van der Waals surface area contributed by atoms with Crippen LogP contribution in [0.3, 0.4) is 0 Å². The molecule has 1 aliphatic heterocycles. The molecule has 2 aromatic carbocycles. The highest BCUT2D eigenvalue weighted by molar-refractivity contribution is 6.30. The molecule has 0 aliphatic carbocycles. The first-order valence-electron chi connectivity index (χ1n) is 11.7. The summed E-state index contributed by atoms with van der Waals surface area (Å²) in [5.41, 5.74) is 2.22. The largest absolute Gasteiger partial charge is 0.478 e. The number of nitrogens with zero attached hydrogens (tertiary/aromatic N) is 5. The molecule has 198 valence electrons. The van der Waals surface area contributed by atoms with Crippen LogP contribution < -0.4 is 10.6 Å². The van der Waals surface area contributed by atoms with E-state index < -0.39 is 5.97 Å². The van der Waals surface area contributed by atoms with Crippen molar-refractivity contribution in [3.8, 4) is 5.69 Å². The predicted molar refractivity (Wildman–Crippen MR) is 139 cm³/mol. The molecule has 13 heteroatoms. The highest BCUT2D eigenvalue weighted by atomic mass is 35.5. The lowest BCUT2D eigenvalue weighted by Gasteiger charge is -2.39. The summed E-state index contributed by atoms with van der Waals surface area (Å²) in [6.45, 7) is 1.48. The van der Waals surface area contributed by atoms with E-state index in [0.29, 0.717) is 42.3 Å². The zero-order chi connectivity index (χ0) is 27.1. The molecule has 2 heterocycles. The van der Waals surface area contributed by atoms with Gasteiger partial charge in [0.1, 0.15) is 6.33 Å². The lowest BCUT2D eigenvalue weighted by molar-refractivity contribution is -0.117. The number of anilines is 1. The molecule has 12 nitrogen and oxygen atoms in total. The van der Waals surface area contributed by atoms with Crippen LogP contribution in [0.4, 0.5) is 10.5 Å². The number of amides is 2. The number of carbonyl (C=O) groups excluding carboxylic acids is 2. The SMILES string of the molecule is COC(=O)N1CC(C[C@@H](CNc2ccc(C(=O)O)cc2)NC(=O)/C=C/c2cc(Cl)ccc2-n2cnnn2)C1. The fourth-order valence-electron chi connectivity index (χ4n) is 4.12. The van der Waals surface area contributed by atoms with Gasteiger partial charge in [-0.05, 0) is 71.3 Å². The van der Waals surface area contributed by atoms with Crippen molar-refractivity contribution in [2.45, 2.75) is 12.5 Å². The van der Waals surface area contributed by atoms with Gasteiger partial charge < -0.3 is 25.4 Å². The van der Waals surface area contributed by atoms with Crippen LogP contribution >= 0.6 is 11.6 Å². The minimum atomic E-state index is -1.00. The number of rotatable bonds is 10. The average molecular weight is 540 g/mol. The number of carboxylic acid groups (broad SMARTS) is 1. The molecular formula is C25H26ClN7O5. The Morgan fingerprint density at radius 2 is 1.97 bits per heavy atom. The number of nitrogens with one attached hydrogen (secondary N) is 2. The summed E-state index contributed by atoms with van der Waals surface area (Å²) in [5, 5.41) is 27.0. The van der Waals surface area contributed by atoms with Gasteiger partial charge in [0.15, 0.2) is 0 Å². The number of carboxylic acids is 1. The molecule has 0 bridgehead atoms. The molecule has 2 amide bonds. The Hall–Kier alpha value is -4.45. The van der Waals surface area contributed by atoms with Gasteiger partial charge in [-0.25, -0.2) is 9.59 Å². The van der Waals surface area contributed by atoms with Gasteiger partial charge in [0.25, 0.3) is 0 Å². The van der Waals surface area contributed by atoms with Gasteiger partial charge in [0, 0.05) is 48.0 Å². The number of hydrogen-bond acceptors (Lipinski definition) is 8. The number of benzene rings is 2. The Bertz CT molecular complexity index is 1310. The minimum Gasteiger partial charge on any atom is -0.478 e. The third-order valence-corrected chi connectivity index (χ3v) is 6.27. The van der Waals surface area contributed by atoms with E-state index in [2.05, 4.69) is 26.2 Å². The van der Waals surface area contributed by atoms with Crippen LogP contribution in [-0.2, 0) is 9.53 Å². The summed E-state index contributed by atoms with van der Waals surface area (Å²) < 4.78 is 6.23. The molecule has 4 rings (SSSR count). The summed E-state index contributed by atoms with van der Waals surface area (Å²) >= 11 is 6.16. The van der Waals surface area contributed by atoms with Gasteiger partial charge in [0.2, 0.25) is 5.91 Å². The lowest BCUT2D eigenvalue weighted by atomic mass is 9.92. The van der Waals surface area contributed by atoms with E-state index in [1.165, 1.54) is 36.3 Å². The molecular weight excluding hydrogens is 514 g/mol. The van der Waals surface area contributed by atoms with Gasteiger partial charge in [-0.1, -0.05) is 11.6 Å². The van der Waals surface area contributed by atoms with E-state index in [1.54, 1.807) is 41.3 Å². The van der Waals surface area contributed by atoms with Crippen molar-refractivity contribution >= 4 is 41.3 Å². The highest BCUT2D eigenvalue weighted by Crippen LogP contribution is 2.23. The van der Waals surface area contributed by atoms with Crippen LogP contribution in [0.5, 0.6) is 0 Å². The smallest absolute Gasteiger partial charge is 0.409 e. The van der Waals surface area contributed by atoms with Crippen molar-refractivity contribution in [3.05, 3.63) is 71.0 Å². The zero-order valence-electron chi connectivity index (χ0n) is 20.5. The molecule has 1 aliphatic rings. The van der Waals surface area contributed by atoms with Gasteiger partial charge in [-0.3, -0.25) is 4.79 Å². The number of methoxy groups -OCH3 is 1. The number of tetrazole rings is 1. The monoisotopic (exact) mass is 539 g/mol. The van der Waals surface area contributed by atoms with E-state index in [-0.39, 0.29) is 29.5 Å². The van der Waals surface area contributed by atoms with Crippen LogP contribution in [0.2, 0.25) is 5.02 Å². The number of aromatic nitrogens is 4. The van der Waals surface area contributed by atoms with Crippen LogP contribution in [-0.4, -0.2) is 81.0 Å². The first-order chi connectivity index (χ1) is 18.3. The summed E-state index contributed by atoms with van der Waals surface area (Å²) in [6, 6.07) is 11.3. The second-order valence-electron chi connectivity index (χ2n) is 8.74. The molecule has 0 radical (unpaired) electrons. The molecule has 0 unspecified atom stereocenters. The van der Waals surface area contributed by atoms with Crippen molar-refractivity contribution < 1.29 is 24.2 Å². The number of hydrogen-bond donors (Lipinski definition) is 3. The number of likely N-dealkylation sites (tertiary alicyclic amines) is 1. The van der Waals surface area contributed by atoms with Crippen molar-refractivity contribution in [1.82, 2.24) is 30.4 Å². The molecule has 38 heavy (non-hydrogen) atoms. The van der Waals surface area contributed by atoms with E-state index in [9.17, 15) is 14.4 Å². The Morgan fingerprint density at radius 3 is 2.63 bits per heavy atom. The van der Waals surface area contributed by atoms with E-state index in [1.807, 2.05) is 0 Å². The number of carbonyl (C=O) groups is 3. The fraction of sp³-hybridized carbons (Fsp3) is 0.280. The lowest BCUT2D eigenvalue weighted by Crippen LogP contribution is -2.53. The van der Waals surface area contributed by atoms with Crippen molar-refractivity contribution in [1.29, 1.82) is 0 Å². The average Bonchev–Trinajstić information content (AvgIpc) is 3.42. The first kappa shape index (κ1) is 26.6. The van der Waals surface area contributed by atoms with Crippen LogP contribution in [0, 0.1) is 5.92 Å².